The summed E-state index contributed by atoms with van der Waals surface area (Å²) in [7, 11) is 0. The maximum atomic E-state index is 12.9. The molecule has 0 atom stereocenters. The number of carbonyl (C=O) groups is 1. The van der Waals surface area contributed by atoms with Crippen molar-refractivity contribution in [1.29, 1.82) is 0 Å². The van der Waals surface area contributed by atoms with Crippen molar-refractivity contribution >= 4 is 39.2 Å². The molecule has 2 heterocycles. The molecule has 0 radical (unpaired) electrons. The quantitative estimate of drug-likeness (QED) is 0.723. The number of rotatable bonds is 3. The third-order valence-electron chi connectivity index (χ3n) is 4.11. The van der Waals surface area contributed by atoms with Gasteiger partial charge in [-0.3, -0.25) is 4.79 Å². The number of hydrogen-bond acceptors (Lipinski definition) is 4. The Bertz CT molecular complexity index is 927. The Hall–Kier alpha value is -2.73. The topological polar surface area (TPSA) is 58.1 Å². The molecular weight excluding hydrogens is 380 g/mol. The molecule has 1 N–H and O–H groups in total. The SMILES string of the molecule is O=C(c1ccnc(Nc2ccc(Br)cc2)n1)N1CCc2ccccc21. The molecule has 0 saturated heterocycles. The molecule has 0 spiro atoms. The summed E-state index contributed by atoms with van der Waals surface area (Å²) in [6.07, 6.45) is 2.47. The predicted molar refractivity (Wildman–Crippen MR) is 101 cm³/mol. The normalized spacial score (nSPS) is 12.8. The molecule has 1 aromatic heterocycles. The second kappa shape index (κ2) is 6.64. The van der Waals surface area contributed by atoms with Gasteiger partial charge in [-0.2, -0.15) is 0 Å². The Morgan fingerprint density at radius 3 is 2.72 bits per heavy atom. The Morgan fingerprint density at radius 1 is 1.08 bits per heavy atom. The smallest absolute Gasteiger partial charge is 0.277 e. The van der Waals surface area contributed by atoms with Crippen molar-refractivity contribution < 1.29 is 4.79 Å². The average molecular weight is 395 g/mol. The number of nitrogens with one attached hydrogen (secondary N) is 1. The standard InChI is InChI=1S/C19H15BrN4O/c20-14-5-7-15(8-6-14)22-19-21-11-9-16(23-19)18(25)24-12-10-13-3-1-2-4-17(13)24/h1-9,11H,10,12H2,(H,21,22,23). The van der Waals surface area contributed by atoms with Crippen LogP contribution in [0.25, 0.3) is 0 Å². The van der Waals surface area contributed by atoms with E-state index in [2.05, 4.69) is 37.3 Å². The number of anilines is 3. The number of nitrogens with zero attached hydrogens (tertiary/aromatic N) is 3. The van der Waals surface area contributed by atoms with Crippen molar-refractivity contribution in [2.75, 3.05) is 16.8 Å². The fourth-order valence-corrected chi connectivity index (χ4v) is 3.15. The molecular formula is C19H15BrN4O. The van der Waals surface area contributed by atoms with Gasteiger partial charge in [0.05, 0.1) is 0 Å². The van der Waals surface area contributed by atoms with E-state index in [-0.39, 0.29) is 5.91 Å². The Morgan fingerprint density at radius 2 is 1.88 bits per heavy atom. The molecule has 1 amide bonds. The summed E-state index contributed by atoms with van der Waals surface area (Å²) < 4.78 is 0.996. The molecule has 3 aromatic rings. The van der Waals surface area contributed by atoms with E-state index in [0.29, 0.717) is 18.2 Å². The summed E-state index contributed by atoms with van der Waals surface area (Å²) in [5, 5.41) is 3.12. The molecule has 5 nitrogen and oxygen atoms in total. The molecule has 1 aliphatic heterocycles. The van der Waals surface area contributed by atoms with Crippen LogP contribution < -0.4 is 10.2 Å². The van der Waals surface area contributed by atoms with E-state index in [1.807, 2.05) is 42.5 Å². The van der Waals surface area contributed by atoms with E-state index in [4.69, 9.17) is 0 Å². The number of hydrogen-bond donors (Lipinski definition) is 1. The lowest BCUT2D eigenvalue weighted by atomic mass is 10.2. The summed E-state index contributed by atoms with van der Waals surface area (Å²) in [5.74, 6) is 0.298. The molecule has 0 saturated carbocycles. The average Bonchev–Trinajstić information content (AvgIpc) is 3.07. The van der Waals surface area contributed by atoms with Crippen LogP contribution in [0.2, 0.25) is 0 Å². The summed E-state index contributed by atoms with van der Waals surface area (Å²) in [6.45, 7) is 0.678. The first-order valence-corrected chi connectivity index (χ1v) is 8.75. The van der Waals surface area contributed by atoms with Gasteiger partial charge >= 0.3 is 0 Å². The van der Waals surface area contributed by atoms with E-state index >= 15 is 0 Å². The minimum absolute atomic E-state index is 0.105. The van der Waals surface area contributed by atoms with Crippen molar-refractivity contribution in [2.45, 2.75) is 6.42 Å². The van der Waals surface area contributed by atoms with Crippen molar-refractivity contribution in [3.63, 3.8) is 0 Å². The number of para-hydroxylation sites is 1. The van der Waals surface area contributed by atoms with Gasteiger partial charge in [-0.25, -0.2) is 9.97 Å². The Labute approximate surface area is 153 Å². The van der Waals surface area contributed by atoms with Gasteiger partial charge in [-0.15, -0.1) is 0 Å². The number of halogens is 1. The molecule has 0 unspecified atom stereocenters. The largest absolute Gasteiger partial charge is 0.324 e. The van der Waals surface area contributed by atoms with Crippen molar-refractivity contribution in [3.8, 4) is 0 Å². The first-order valence-electron chi connectivity index (χ1n) is 7.96. The zero-order valence-corrected chi connectivity index (χ0v) is 14.9. The Balaban J connectivity index is 1.57. The summed E-state index contributed by atoms with van der Waals surface area (Å²) in [4.78, 5) is 23.2. The second-order valence-corrected chi connectivity index (χ2v) is 6.65. The molecule has 2 aromatic carbocycles. The minimum Gasteiger partial charge on any atom is -0.324 e. The minimum atomic E-state index is -0.105. The molecule has 4 rings (SSSR count). The zero-order valence-electron chi connectivity index (χ0n) is 13.3. The molecule has 25 heavy (non-hydrogen) atoms. The van der Waals surface area contributed by atoms with Crippen LogP contribution in [0, 0.1) is 0 Å². The monoisotopic (exact) mass is 394 g/mol. The van der Waals surface area contributed by atoms with Gasteiger partial charge in [-0.1, -0.05) is 34.1 Å². The van der Waals surface area contributed by atoms with Crippen LogP contribution in [-0.2, 0) is 6.42 Å². The second-order valence-electron chi connectivity index (χ2n) is 5.73. The van der Waals surface area contributed by atoms with Gasteiger partial charge in [0.1, 0.15) is 5.69 Å². The Kier molecular flexibility index (Phi) is 4.19. The van der Waals surface area contributed by atoms with Crippen molar-refractivity contribution in [1.82, 2.24) is 9.97 Å². The molecule has 0 fully saturated rings. The van der Waals surface area contributed by atoms with E-state index < -0.39 is 0 Å². The highest BCUT2D eigenvalue weighted by atomic mass is 79.9. The lowest BCUT2D eigenvalue weighted by molar-refractivity contribution is 0.0984. The van der Waals surface area contributed by atoms with Crippen molar-refractivity contribution in [2.24, 2.45) is 0 Å². The van der Waals surface area contributed by atoms with Gasteiger partial charge < -0.3 is 10.2 Å². The fraction of sp³-hybridized carbons (Fsp3) is 0.105. The fourth-order valence-electron chi connectivity index (χ4n) is 2.89. The first-order chi connectivity index (χ1) is 12.2. The summed E-state index contributed by atoms with van der Waals surface area (Å²) in [5.41, 5.74) is 3.40. The summed E-state index contributed by atoms with van der Waals surface area (Å²) in [6, 6.07) is 17.3. The third kappa shape index (κ3) is 3.25. The van der Waals surface area contributed by atoms with Crippen LogP contribution in [0.3, 0.4) is 0 Å². The highest BCUT2D eigenvalue weighted by molar-refractivity contribution is 9.10. The number of amides is 1. The van der Waals surface area contributed by atoms with E-state index in [1.165, 1.54) is 5.56 Å². The van der Waals surface area contributed by atoms with Crippen LogP contribution in [-0.4, -0.2) is 22.4 Å². The van der Waals surface area contributed by atoms with Crippen LogP contribution >= 0.6 is 15.9 Å². The van der Waals surface area contributed by atoms with Crippen LogP contribution in [0.5, 0.6) is 0 Å². The molecule has 124 valence electrons. The first kappa shape index (κ1) is 15.8. The lowest BCUT2D eigenvalue weighted by Crippen LogP contribution is -2.29. The summed E-state index contributed by atoms with van der Waals surface area (Å²) >= 11 is 3.40. The van der Waals surface area contributed by atoms with Crippen LogP contribution in [0.4, 0.5) is 17.3 Å². The third-order valence-corrected chi connectivity index (χ3v) is 4.64. The van der Waals surface area contributed by atoms with Gasteiger partial charge in [0, 0.05) is 28.6 Å². The van der Waals surface area contributed by atoms with Crippen LogP contribution in [0.1, 0.15) is 16.1 Å². The molecule has 1 aliphatic rings. The lowest BCUT2D eigenvalue weighted by Gasteiger charge is -2.17. The maximum Gasteiger partial charge on any atom is 0.277 e. The predicted octanol–water partition coefficient (Wildman–Crippen LogP) is 4.19. The maximum absolute atomic E-state index is 12.9. The van der Waals surface area contributed by atoms with Gasteiger partial charge in [0.2, 0.25) is 5.95 Å². The number of aromatic nitrogens is 2. The van der Waals surface area contributed by atoms with Crippen molar-refractivity contribution in [3.05, 3.63) is 76.5 Å². The van der Waals surface area contributed by atoms with Gasteiger partial charge in [0.15, 0.2) is 0 Å². The zero-order chi connectivity index (χ0) is 17.2. The van der Waals surface area contributed by atoms with Crippen LogP contribution in [0.15, 0.2) is 65.3 Å². The van der Waals surface area contributed by atoms with E-state index in [1.54, 1.807) is 17.2 Å². The molecule has 0 bridgehead atoms. The molecule has 0 aliphatic carbocycles. The van der Waals surface area contributed by atoms with E-state index in [0.717, 1.165) is 22.3 Å². The number of fused-ring (bicyclic) bond motifs is 1. The van der Waals surface area contributed by atoms with Gasteiger partial charge in [0.25, 0.3) is 5.91 Å². The number of carbonyl (C=O) groups excluding carboxylic acids is 1. The highest BCUT2D eigenvalue weighted by Crippen LogP contribution is 2.28. The number of benzene rings is 2. The van der Waals surface area contributed by atoms with E-state index in [9.17, 15) is 4.79 Å². The molecule has 6 heteroatoms. The highest BCUT2D eigenvalue weighted by Gasteiger charge is 2.26. The van der Waals surface area contributed by atoms with Gasteiger partial charge in [-0.05, 0) is 48.4 Å².